The topological polar surface area (TPSA) is 76.7 Å². The lowest BCUT2D eigenvalue weighted by Crippen LogP contribution is -2.34. The number of hydrogen-bond acceptors (Lipinski definition) is 5. The number of rotatable bonds is 8. The molecule has 0 radical (unpaired) electrons. The molecule has 0 aliphatic rings. The molecule has 0 bridgehead atoms. The zero-order chi connectivity index (χ0) is 15.7. The van der Waals surface area contributed by atoms with Gasteiger partial charge in [0, 0.05) is 13.1 Å². The van der Waals surface area contributed by atoms with Crippen molar-refractivity contribution in [3.8, 4) is 5.75 Å². The summed E-state index contributed by atoms with van der Waals surface area (Å²) in [4.78, 5) is 23.3. The van der Waals surface area contributed by atoms with Crippen molar-refractivity contribution < 1.29 is 19.1 Å². The minimum absolute atomic E-state index is 0. The van der Waals surface area contributed by atoms with Crippen LogP contribution in [0.1, 0.15) is 22.8 Å². The highest BCUT2D eigenvalue weighted by molar-refractivity contribution is 5.92. The maximum atomic E-state index is 11.7. The van der Waals surface area contributed by atoms with Crippen molar-refractivity contribution >= 4 is 24.3 Å². The highest BCUT2D eigenvalue weighted by Crippen LogP contribution is 2.21. The molecule has 0 aromatic heterocycles. The average molecular weight is 331 g/mol. The van der Waals surface area contributed by atoms with Crippen LogP contribution < -0.4 is 15.4 Å². The van der Waals surface area contributed by atoms with Crippen LogP contribution in [0.2, 0.25) is 0 Å². The van der Waals surface area contributed by atoms with E-state index in [9.17, 15) is 9.59 Å². The Morgan fingerprint density at radius 3 is 2.55 bits per heavy atom. The number of likely N-dealkylation sites (N-methyl/N-ethyl adjacent to an activating group) is 1. The Morgan fingerprint density at radius 1 is 1.23 bits per heavy atom. The lowest BCUT2D eigenvalue weighted by molar-refractivity contribution is -0.123. The first-order valence-corrected chi connectivity index (χ1v) is 6.87. The summed E-state index contributed by atoms with van der Waals surface area (Å²) in [6.07, 6.45) is 0.800. The number of ether oxygens (including phenoxy) is 2. The summed E-state index contributed by atoms with van der Waals surface area (Å²) in [6, 6.07) is 5.27. The second-order valence-corrected chi connectivity index (χ2v) is 4.42. The quantitative estimate of drug-likeness (QED) is 0.553. The van der Waals surface area contributed by atoms with Crippen LogP contribution in [0.25, 0.3) is 0 Å². The molecule has 124 valence electrons. The minimum Gasteiger partial charge on any atom is -0.483 e. The second-order valence-electron chi connectivity index (χ2n) is 4.42. The fraction of sp³-hybridized carbons (Fsp3) is 0.467. The van der Waals surface area contributed by atoms with Gasteiger partial charge in [-0.25, -0.2) is 4.79 Å². The number of halogens is 1. The van der Waals surface area contributed by atoms with E-state index in [0.717, 1.165) is 12.0 Å². The molecule has 0 unspecified atom stereocenters. The number of nitrogens with one attached hydrogen (secondary N) is 2. The summed E-state index contributed by atoms with van der Waals surface area (Å²) in [5.74, 6) is -0.362. The predicted octanol–water partition coefficient (Wildman–Crippen LogP) is 1.17. The Morgan fingerprint density at radius 2 is 1.95 bits per heavy atom. The maximum Gasteiger partial charge on any atom is 0.341 e. The van der Waals surface area contributed by atoms with E-state index < -0.39 is 5.97 Å². The van der Waals surface area contributed by atoms with E-state index in [1.807, 2.05) is 13.0 Å². The van der Waals surface area contributed by atoms with Gasteiger partial charge >= 0.3 is 5.97 Å². The number of hydrogen-bond donors (Lipinski definition) is 2. The first-order valence-electron chi connectivity index (χ1n) is 6.87. The van der Waals surface area contributed by atoms with Gasteiger partial charge < -0.3 is 20.1 Å². The minimum atomic E-state index is -0.476. The zero-order valence-electron chi connectivity index (χ0n) is 13.1. The molecule has 0 fully saturated rings. The lowest BCUT2D eigenvalue weighted by atomic mass is 10.1. The SMILES string of the molecule is CCc1ccc(OCC(=O)NCCNC)c(C(=O)OC)c1.Cl. The molecule has 0 aliphatic carbocycles. The van der Waals surface area contributed by atoms with Gasteiger partial charge in [0.25, 0.3) is 5.91 Å². The highest BCUT2D eigenvalue weighted by atomic mass is 35.5. The number of esters is 1. The summed E-state index contributed by atoms with van der Waals surface area (Å²) in [5, 5.41) is 5.62. The van der Waals surface area contributed by atoms with Crippen LogP contribution in [0, 0.1) is 0 Å². The van der Waals surface area contributed by atoms with Crippen molar-refractivity contribution in [3.05, 3.63) is 29.3 Å². The van der Waals surface area contributed by atoms with Crippen LogP contribution >= 0.6 is 12.4 Å². The van der Waals surface area contributed by atoms with Crippen molar-refractivity contribution in [2.75, 3.05) is 33.9 Å². The Bertz CT molecular complexity index is 494. The third kappa shape index (κ3) is 6.32. The van der Waals surface area contributed by atoms with E-state index in [4.69, 9.17) is 9.47 Å². The van der Waals surface area contributed by atoms with E-state index in [0.29, 0.717) is 24.4 Å². The summed E-state index contributed by atoms with van der Waals surface area (Å²) in [7, 11) is 3.12. The van der Waals surface area contributed by atoms with Gasteiger partial charge in [-0.2, -0.15) is 0 Å². The van der Waals surface area contributed by atoms with Crippen molar-refractivity contribution in [3.63, 3.8) is 0 Å². The first-order chi connectivity index (χ1) is 10.1. The molecule has 7 heteroatoms. The van der Waals surface area contributed by atoms with Gasteiger partial charge in [-0.15, -0.1) is 12.4 Å². The third-order valence-electron chi connectivity index (χ3n) is 2.91. The molecule has 22 heavy (non-hydrogen) atoms. The summed E-state index contributed by atoms with van der Waals surface area (Å²) < 4.78 is 10.2. The largest absolute Gasteiger partial charge is 0.483 e. The molecule has 1 aromatic carbocycles. The van der Waals surface area contributed by atoms with Crippen molar-refractivity contribution in [2.45, 2.75) is 13.3 Å². The molecule has 1 rings (SSSR count). The van der Waals surface area contributed by atoms with Gasteiger partial charge in [0.2, 0.25) is 0 Å². The molecule has 6 nitrogen and oxygen atoms in total. The Kier molecular flexibility index (Phi) is 9.98. The van der Waals surface area contributed by atoms with Gasteiger partial charge in [0.1, 0.15) is 11.3 Å². The molecule has 0 heterocycles. The molecule has 0 saturated carbocycles. The monoisotopic (exact) mass is 330 g/mol. The Labute approximate surface area is 137 Å². The number of amides is 1. The van der Waals surface area contributed by atoms with Crippen LogP contribution in [0.15, 0.2) is 18.2 Å². The molecule has 0 spiro atoms. The molecular weight excluding hydrogens is 308 g/mol. The number of methoxy groups -OCH3 is 1. The van der Waals surface area contributed by atoms with Gasteiger partial charge in [-0.05, 0) is 31.2 Å². The number of benzene rings is 1. The highest BCUT2D eigenvalue weighted by Gasteiger charge is 2.14. The van der Waals surface area contributed by atoms with Crippen LogP contribution in [-0.4, -0.2) is 45.7 Å². The van der Waals surface area contributed by atoms with E-state index >= 15 is 0 Å². The van der Waals surface area contributed by atoms with Crippen molar-refractivity contribution in [1.82, 2.24) is 10.6 Å². The standard InChI is InChI=1S/C15H22N2O4.ClH/c1-4-11-5-6-13(12(9-11)15(19)20-3)21-10-14(18)17-8-7-16-2;/h5-6,9,16H,4,7-8,10H2,1-3H3,(H,17,18);1H. The van der Waals surface area contributed by atoms with Gasteiger partial charge in [-0.3, -0.25) is 4.79 Å². The Hall–Kier alpha value is -1.79. The smallest absolute Gasteiger partial charge is 0.341 e. The van der Waals surface area contributed by atoms with E-state index in [-0.39, 0.29) is 24.9 Å². The first kappa shape index (κ1) is 20.2. The number of aryl methyl sites for hydroxylation is 1. The molecule has 0 atom stereocenters. The summed E-state index contributed by atoms with van der Waals surface area (Å²) in [6.45, 7) is 3.06. The predicted molar refractivity (Wildman–Crippen MR) is 86.8 cm³/mol. The van der Waals surface area contributed by atoms with Crippen molar-refractivity contribution in [2.24, 2.45) is 0 Å². The van der Waals surface area contributed by atoms with Gasteiger partial charge in [0.05, 0.1) is 7.11 Å². The normalized spacial score (nSPS) is 9.59. The van der Waals surface area contributed by atoms with Crippen LogP contribution in [0.5, 0.6) is 5.75 Å². The summed E-state index contributed by atoms with van der Waals surface area (Å²) in [5.41, 5.74) is 1.33. The molecule has 2 N–H and O–H groups in total. The van der Waals surface area contributed by atoms with Crippen LogP contribution in [0.4, 0.5) is 0 Å². The number of carbonyl (C=O) groups excluding carboxylic acids is 2. The lowest BCUT2D eigenvalue weighted by Gasteiger charge is -2.11. The van der Waals surface area contributed by atoms with Gasteiger partial charge in [-0.1, -0.05) is 13.0 Å². The molecule has 0 saturated heterocycles. The summed E-state index contributed by atoms with van der Waals surface area (Å²) >= 11 is 0. The Balaban J connectivity index is 0.00000441. The third-order valence-corrected chi connectivity index (χ3v) is 2.91. The fourth-order valence-electron chi connectivity index (χ4n) is 1.71. The van der Waals surface area contributed by atoms with E-state index in [1.54, 1.807) is 19.2 Å². The van der Waals surface area contributed by atoms with Crippen molar-refractivity contribution in [1.29, 1.82) is 0 Å². The molecule has 1 amide bonds. The fourth-order valence-corrected chi connectivity index (χ4v) is 1.71. The molecular formula is C15H23ClN2O4. The number of carbonyl (C=O) groups is 2. The maximum absolute atomic E-state index is 11.7. The zero-order valence-corrected chi connectivity index (χ0v) is 13.9. The van der Waals surface area contributed by atoms with E-state index in [1.165, 1.54) is 7.11 Å². The van der Waals surface area contributed by atoms with Crippen LogP contribution in [0.3, 0.4) is 0 Å². The van der Waals surface area contributed by atoms with E-state index in [2.05, 4.69) is 10.6 Å². The van der Waals surface area contributed by atoms with Crippen LogP contribution in [-0.2, 0) is 16.0 Å². The molecule has 1 aromatic rings. The van der Waals surface area contributed by atoms with Gasteiger partial charge in [0.15, 0.2) is 6.61 Å². The molecule has 0 aliphatic heterocycles. The average Bonchev–Trinajstić information content (AvgIpc) is 2.52. The second kappa shape index (κ2) is 10.9.